The van der Waals surface area contributed by atoms with Crippen LogP contribution in [-0.4, -0.2) is 28.6 Å². The zero-order chi connectivity index (χ0) is 9.90. The van der Waals surface area contributed by atoms with Crippen LogP contribution in [0.5, 0.6) is 0 Å². The van der Waals surface area contributed by atoms with E-state index in [0.717, 1.165) is 24.3 Å². The lowest BCUT2D eigenvalue weighted by Crippen LogP contribution is -2.51. The monoisotopic (exact) mass is 203 g/mol. The minimum absolute atomic E-state index is 0.177. The van der Waals surface area contributed by atoms with Crippen molar-refractivity contribution in [1.82, 2.24) is 0 Å². The van der Waals surface area contributed by atoms with Crippen molar-refractivity contribution in [2.45, 2.75) is 32.2 Å². The molecule has 1 aliphatic rings. The van der Waals surface area contributed by atoms with Gasteiger partial charge in [-0.25, -0.2) is 0 Å². The van der Waals surface area contributed by atoms with Gasteiger partial charge in [0.15, 0.2) is 0 Å². The van der Waals surface area contributed by atoms with Gasteiger partial charge >= 0.3 is 5.97 Å². The largest absolute Gasteiger partial charge is 0.481 e. The summed E-state index contributed by atoms with van der Waals surface area (Å²) in [5, 5.41) is 9.20. The van der Waals surface area contributed by atoms with Gasteiger partial charge in [0.1, 0.15) is 0 Å². The van der Waals surface area contributed by atoms with Gasteiger partial charge in [0.2, 0.25) is 0 Å². The number of thioether (sulfide) groups is 1. The normalized spacial score (nSPS) is 34.5. The Morgan fingerprint density at radius 1 is 1.77 bits per heavy atom. The molecule has 1 rings (SSSR count). The minimum atomic E-state index is -0.706. The van der Waals surface area contributed by atoms with E-state index < -0.39 is 11.4 Å². The maximum Gasteiger partial charge on any atom is 0.311 e. The third kappa shape index (κ3) is 1.99. The maximum atomic E-state index is 11.2. The summed E-state index contributed by atoms with van der Waals surface area (Å²) in [4.78, 5) is 11.2. The standard InChI is InChI=1S/C9H17NO2S/c1-2-3-9(8(11)12)4-5-13-6-7(9)10/h7H,2-6,10H2,1H3,(H,11,12). The molecule has 3 nitrogen and oxygen atoms in total. The first-order valence-corrected chi connectivity index (χ1v) is 5.85. The second-order valence-corrected chi connectivity index (χ2v) is 4.79. The highest BCUT2D eigenvalue weighted by molar-refractivity contribution is 7.99. The third-order valence-corrected chi connectivity index (χ3v) is 3.91. The fourth-order valence-corrected chi connectivity index (χ4v) is 3.19. The number of nitrogens with two attached hydrogens (primary N) is 1. The van der Waals surface area contributed by atoms with E-state index in [1.807, 2.05) is 6.92 Å². The van der Waals surface area contributed by atoms with E-state index in [1.165, 1.54) is 0 Å². The molecule has 0 aromatic heterocycles. The number of carboxylic acids is 1. The first-order chi connectivity index (χ1) is 6.13. The Morgan fingerprint density at radius 3 is 2.92 bits per heavy atom. The van der Waals surface area contributed by atoms with E-state index in [9.17, 15) is 9.90 Å². The highest BCUT2D eigenvalue weighted by atomic mass is 32.2. The number of rotatable bonds is 3. The van der Waals surface area contributed by atoms with E-state index in [-0.39, 0.29) is 6.04 Å². The molecular weight excluding hydrogens is 186 g/mol. The molecule has 0 radical (unpaired) electrons. The lowest BCUT2D eigenvalue weighted by Gasteiger charge is -2.38. The molecule has 2 unspecified atom stereocenters. The molecule has 1 aliphatic heterocycles. The van der Waals surface area contributed by atoms with Crippen LogP contribution in [-0.2, 0) is 4.79 Å². The zero-order valence-corrected chi connectivity index (χ0v) is 8.77. The van der Waals surface area contributed by atoms with E-state index in [1.54, 1.807) is 11.8 Å². The van der Waals surface area contributed by atoms with Crippen LogP contribution in [0.4, 0.5) is 0 Å². The molecule has 0 aromatic rings. The van der Waals surface area contributed by atoms with Gasteiger partial charge in [0, 0.05) is 11.8 Å². The van der Waals surface area contributed by atoms with Gasteiger partial charge < -0.3 is 10.8 Å². The SMILES string of the molecule is CCCC1(C(=O)O)CCSCC1N. The number of carbonyl (C=O) groups is 1. The van der Waals surface area contributed by atoms with E-state index in [4.69, 9.17) is 5.73 Å². The summed E-state index contributed by atoms with van der Waals surface area (Å²) in [6.07, 6.45) is 2.33. The maximum absolute atomic E-state index is 11.2. The summed E-state index contributed by atoms with van der Waals surface area (Å²) in [5.41, 5.74) is 5.26. The Balaban J connectivity index is 2.79. The number of carboxylic acid groups (broad SMARTS) is 1. The van der Waals surface area contributed by atoms with Crippen molar-refractivity contribution in [2.24, 2.45) is 11.1 Å². The smallest absolute Gasteiger partial charge is 0.311 e. The Morgan fingerprint density at radius 2 is 2.46 bits per heavy atom. The predicted octanol–water partition coefficient (Wildman–Crippen LogP) is 1.32. The van der Waals surface area contributed by atoms with Crippen molar-refractivity contribution in [1.29, 1.82) is 0 Å². The topological polar surface area (TPSA) is 63.3 Å². The van der Waals surface area contributed by atoms with E-state index >= 15 is 0 Å². The Hall–Kier alpha value is -0.220. The molecule has 0 aliphatic carbocycles. The summed E-state index contributed by atoms with van der Waals surface area (Å²) in [5.74, 6) is 1.01. The van der Waals surface area contributed by atoms with Gasteiger partial charge in [0.25, 0.3) is 0 Å². The van der Waals surface area contributed by atoms with Crippen LogP contribution in [0, 0.1) is 5.41 Å². The molecule has 76 valence electrons. The molecule has 2 atom stereocenters. The summed E-state index contributed by atoms with van der Waals surface area (Å²) in [6, 6.07) is -0.177. The van der Waals surface area contributed by atoms with Crippen LogP contribution < -0.4 is 5.73 Å². The molecule has 3 N–H and O–H groups in total. The molecule has 0 bridgehead atoms. The Bertz CT molecular complexity index is 194. The van der Waals surface area contributed by atoms with Crippen molar-refractivity contribution < 1.29 is 9.90 Å². The molecule has 0 amide bonds. The summed E-state index contributed by atoms with van der Waals surface area (Å²) >= 11 is 1.76. The fraction of sp³-hybridized carbons (Fsp3) is 0.889. The van der Waals surface area contributed by atoms with Gasteiger partial charge in [-0.2, -0.15) is 11.8 Å². The molecule has 0 aromatic carbocycles. The van der Waals surface area contributed by atoms with Crippen LogP contribution in [0.3, 0.4) is 0 Å². The summed E-state index contributed by atoms with van der Waals surface area (Å²) in [7, 11) is 0. The molecule has 1 fully saturated rings. The van der Waals surface area contributed by atoms with Crippen molar-refractivity contribution in [3.8, 4) is 0 Å². The van der Waals surface area contributed by atoms with Crippen molar-refractivity contribution in [2.75, 3.05) is 11.5 Å². The first-order valence-electron chi connectivity index (χ1n) is 4.70. The zero-order valence-electron chi connectivity index (χ0n) is 7.95. The van der Waals surface area contributed by atoms with Crippen LogP contribution in [0.1, 0.15) is 26.2 Å². The van der Waals surface area contributed by atoms with Crippen LogP contribution in [0.25, 0.3) is 0 Å². The molecule has 13 heavy (non-hydrogen) atoms. The molecule has 4 heteroatoms. The number of hydrogen-bond acceptors (Lipinski definition) is 3. The molecule has 1 saturated heterocycles. The average molecular weight is 203 g/mol. The predicted molar refractivity (Wildman–Crippen MR) is 54.9 cm³/mol. The van der Waals surface area contributed by atoms with Gasteiger partial charge in [-0.05, 0) is 18.6 Å². The van der Waals surface area contributed by atoms with Gasteiger partial charge in [-0.1, -0.05) is 13.3 Å². The highest BCUT2D eigenvalue weighted by Crippen LogP contribution is 2.38. The summed E-state index contributed by atoms with van der Waals surface area (Å²) in [6.45, 7) is 2.01. The van der Waals surface area contributed by atoms with Crippen LogP contribution in [0.15, 0.2) is 0 Å². The number of hydrogen-bond donors (Lipinski definition) is 2. The second-order valence-electron chi connectivity index (χ2n) is 3.64. The van der Waals surface area contributed by atoms with Crippen molar-refractivity contribution in [3.63, 3.8) is 0 Å². The van der Waals surface area contributed by atoms with Gasteiger partial charge in [-0.15, -0.1) is 0 Å². The van der Waals surface area contributed by atoms with E-state index in [2.05, 4.69) is 0 Å². The fourth-order valence-electron chi connectivity index (χ4n) is 1.94. The molecule has 1 heterocycles. The third-order valence-electron chi connectivity index (χ3n) is 2.82. The lowest BCUT2D eigenvalue weighted by molar-refractivity contribution is -0.151. The average Bonchev–Trinajstić information content (AvgIpc) is 2.09. The Kier molecular flexibility index (Phi) is 3.62. The molecular formula is C9H17NO2S. The van der Waals surface area contributed by atoms with Crippen molar-refractivity contribution >= 4 is 17.7 Å². The highest BCUT2D eigenvalue weighted by Gasteiger charge is 2.44. The second kappa shape index (κ2) is 4.33. The van der Waals surface area contributed by atoms with Crippen molar-refractivity contribution in [3.05, 3.63) is 0 Å². The van der Waals surface area contributed by atoms with E-state index in [0.29, 0.717) is 6.42 Å². The van der Waals surface area contributed by atoms with Crippen LogP contribution in [0.2, 0.25) is 0 Å². The first kappa shape index (κ1) is 10.9. The summed E-state index contributed by atoms with van der Waals surface area (Å²) < 4.78 is 0. The molecule has 0 spiro atoms. The number of aliphatic carboxylic acids is 1. The van der Waals surface area contributed by atoms with Crippen LogP contribution >= 0.6 is 11.8 Å². The van der Waals surface area contributed by atoms with Gasteiger partial charge in [0.05, 0.1) is 5.41 Å². The quantitative estimate of drug-likeness (QED) is 0.726. The Labute approximate surface area is 83.1 Å². The lowest BCUT2D eigenvalue weighted by atomic mass is 9.75. The molecule has 0 saturated carbocycles. The minimum Gasteiger partial charge on any atom is -0.481 e. The van der Waals surface area contributed by atoms with Gasteiger partial charge in [-0.3, -0.25) is 4.79 Å².